The predicted octanol–water partition coefficient (Wildman–Crippen LogP) is 1.88. The van der Waals surface area contributed by atoms with Gasteiger partial charge < -0.3 is 16.0 Å². The summed E-state index contributed by atoms with van der Waals surface area (Å²) in [4.78, 5) is 6.43. The Kier molecular flexibility index (Phi) is 5.49. The summed E-state index contributed by atoms with van der Waals surface area (Å²) in [5.41, 5.74) is 9.43. The quantitative estimate of drug-likeness (QED) is 0.618. The molecule has 0 unspecified atom stereocenters. The molecule has 18 heavy (non-hydrogen) atoms. The fourth-order valence-electron chi connectivity index (χ4n) is 1.61. The third-order valence-corrected chi connectivity index (χ3v) is 2.82. The van der Waals surface area contributed by atoms with E-state index in [4.69, 9.17) is 5.73 Å². The Morgan fingerprint density at radius 2 is 2.11 bits per heavy atom. The summed E-state index contributed by atoms with van der Waals surface area (Å²) in [5, 5.41) is 3.07. The molecule has 1 aromatic rings. The number of hydrogen-bond acceptors (Lipinski definition) is 2. The summed E-state index contributed by atoms with van der Waals surface area (Å²) in [7, 11) is 4.08. The van der Waals surface area contributed by atoms with Crippen molar-refractivity contribution in [3.63, 3.8) is 0 Å². The highest BCUT2D eigenvalue weighted by Crippen LogP contribution is 2.17. The number of aryl methyl sites for hydroxylation is 1. The molecule has 1 aromatic carbocycles. The first-order valence-electron chi connectivity index (χ1n) is 6.35. The maximum Gasteiger partial charge on any atom is 0.188 e. The second-order valence-electron chi connectivity index (χ2n) is 4.63. The third kappa shape index (κ3) is 4.28. The number of rotatable bonds is 5. The van der Waals surface area contributed by atoms with Crippen LogP contribution < -0.4 is 16.0 Å². The highest BCUT2D eigenvalue weighted by molar-refractivity contribution is 5.77. The summed E-state index contributed by atoms with van der Waals surface area (Å²) in [6.45, 7) is 5.70. The zero-order chi connectivity index (χ0) is 13.5. The van der Waals surface area contributed by atoms with Crippen LogP contribution >= 0.6 is 0 Å². The summed E-state index contributed by atoms with van der Waals surface area (Å²) < 4.78 is 0. The summed E-state index contributed by atoms with van der Waals surface area (Å²) in [6.07, 6.45) is 1.05. The Hall–Kier alpha value is -1.71. The van der Waals surface area contributed by atoms with Crippen LogP contribution in [0.3, 0.4) is 0 Å². The molecule has 4 nitrogen and oxygen atoms in total. The zero-order valence-electron chi connectivity index (χ0n) is 11.8. The van der Waals surface area contributed by atoms with Crippen molar-refractivity contribution in [1.29, 1.82) is 0 Å². The number of hydrogen-bond donors (Lipinski definition) is 2. The lowest BCUT2D eigenvalue weighted by atomic mass is 10.1. The second-order valence-corrected chi connectivity index (χ2v) is 4.63. The Bertz CT molecular complexity index is 410. The molecule has 0 saturated carbocycles. The topological polar surface area (TPSA) is 53.6 Å². The first-order valence-corrected chi connectivity index (χ1v) is 6.35. The lowest BCUT2D eigenvalue weighted by molar-refractivity contribution is 0.825. The summed E-state index contributed by atoms with van der Waals surface area (Å²) in [5.74, 6) is 0.521. The van der Waals surface area contributed by atoms with Gasteiger partial charge in [0.15, 0.2) is 5.96 Å². The number of aliphatic imine (C=N–C) groups is 1. The van der Waals surface area contributed by atoms with E-state index < -0.39 is 0 Å². The van der Waals surface area contributed by atoms with Gasteiger partial charge in [0, 0.05) is 26.3 Å². The molecule has 1 rings (SSSR count). The molecule has 0 atom stereocenters. The molecular weight excluding hydrogens is 224 g/mol. The first-order chi connectivity index (χ1) is 8.54. The van der Waals surface area contributed by atoms with Crippen LogP contribution in [-0.4, -0.2) is 26.6 Å². The number of benzene rings is 1. The van der Waals surface area contributed by atoms with Crippen LogP contribution in [0.1, 0.15) is 24.5 Å². The molecule has 0 spiro atoms. The van der Waals surface area contributed by atoms with Crippen LogP contribution in [0.25, 0.3) is 0 Å². The highest BCUT2D eigenvalue weighted by atomic mass is 15.1. The Morgan fingerprint density at radius 3 is 2.67 bits per heavy atom. The summed E-state index contributed by atoms with van der Waals surface area (Å²) in [6, 6.07) is 6.38. The average molecular weight is 248 g/mol. The molecule has 0 aliphatic rings. The van der Waals surface area contributed by atoms with Crippen LogP contribution in [-0.2, 0) is 6.54 Å². The van der Waals surface area contributed by atoms with Crippen molar-refractivity contribution in [2.75, 3.05) is 25.5 Å². The van der Waals surface area contributed by atoms with Crippen molar-refractivity contribution in [3.8, 4) is 0 Å². The fourth-order valence-corrected chi connectivity index (χ4v) is 1.61. The van der Waals surface area contributed by atoms with Gasteiger partial charge >= 0.3 is 0 Å². The molecule has 0 saturated heterocycles. The second kappa shape index (κ2) is 6.89. The standard InChI is InChI=1S/C14H24N4/c1-5-8-16-14(15)17-10-12-6-7-13(18(3)4)9-11(12)2/h6-7,9H,5,8,10H2,1-4H3,(H3,15,16,17). The van der Waals surface area contributed by atoms with Crippen LogP contribution in [0.15, 0.2) is 23.2 Å². The smallest absolute Gasteiger partial charge is 0.188 e. The molecule has 0 aliphatic carbocycles. The first kappa shape index (κ1) is 14.4. The zero-order valence-corrected chi connectivity index (χ0v) is 11.8. The van der Waals surface area contributed by atoms with Gasteiger partial charge in [-0.1, -0.05) is 13.0 Å². The van der Waals surface area contributed by atoms with E-state index >= 15 is 0 Å². The normalized spacial score (nSPS) is 11.4. The van der Waals surface area contributed by atoms with Crippen molar-refractivity contribution in [1.82, 2.24) is 5.32 Å². The molecule has 0 amide bonds. The Labute approximate surface area is 110 Å². The largest absolute Gasteiger partial charge is 0.378 e. The van der Waals surface area contributed by atoms with E-state index in [1.54, 1.807) is 0 Å². The molecule has 4 heteroatoms. The average Bonchev–Trinajstić information content (AvgIpc) is 2.34. The van der Waals surface area contributed by atoms with E-state index in [1.807, 2.05) is 14.1 Å². The van der Waals surface area contributed by atoms with Gasteiger partial charge in [-0.05, 0) is 36.6 Å². The Morgan fingerprint density at radius 1 is 1.39 bits per heavy atom. The molecule has 0 aromatic heterocycles. The molecule has 100 valence electrons. The van der Waals surface area contributed by atoms with Crippen molar-refractivity contribution in [3.05, 3.63) is 29.3 Å². The van der Waals surface area contributed by atoms with Crippen molar-refractivity contribution < 1.29 is 0 Å². The molecule has 0 bridgehead atoms. The number of nitrogens with zero attached hydrogens (tertiary/aromatic N) is 2. The third-order valence-electron chi connectivity index (χ3n) is 2.82. The lowest BCUT2D eigenvalue weighted by Crippen LogP contribution is -2.32. The van der Waals surface area contributed by atoms with Gasteiger partial charge in [0.1, 0.15) is 0 Å². The molecular formula is C14H24N4. The number of nitrogens with one attached hydrogen (secondary N) is 1. The van der Waals surface area contributed by atoms with Gasteiger partial charge in [-0.2, -0.15) is 0 Å². The van der Waals surface area contributed by atoms with Gasteiger partial charge in [0.2, 0.25) is 0 Å². The van der Waals surface area contributed by atoms with Gasteiger partial charge in [-0.25, -0.2) is 4.99 Å². The van der Waals surface area contributed by atoms with E-state index in [2.05, 4.69) is 47.3 Å². The fraction of sp³-hybridized carbons (Fsp3) is 0.500. The minimum absolute atomic E-state index is 0.521. The lowest BCUT2D eigenvalue weighted by Gasteiger charge is -2.14. The minimum atomic E-state index is 0.521. The van der Waals surface area contributed by atoms with Gasteiger partial charge in [-0.3, -0.25) is 0 Å². The number of guanidine groups is 1. The van der Waals surface area contributed by atoms with E-state index in [-0.39, 0.29) is 0 Å². The maximum absolute atomic E-state index is 5.77. The number of nitrogens with two attached hydrogens (primary N) is 1. The summed E-state index contributed by atoms with van der Waals surface area (Å²) >= 11 is 0. The van der Waals surface area contributed by atoms with Gasteiger partial charge in [-0.15, -0.1) is 0 Å². The molecule has 0 radical (unpaired) electrons. The monoisotopic (exact) mass is 248 g/mol. The molecule has 0 aliphatic heterocycles. The predicted molar refractivity (Wildman–Crippen MR) is 79.1 cm³/mol. The van der Waals surface area contributed by atoms with Crippen molar-refractivity contribution in [2.24, 2.45) is 10.7 Å². The molecule has 0 heterocycles. The highest BCUT2D eigenvalue weighted by Gasteiger charge is 2.01. The van der Waals surface area contributed by atoms with Crippen LogP contribution in [0.2, 0.25) is 0 Å². The van der Waals surface area contributed by atoms with E-state index in [1.165, 1.54) is 16.8 Å². The van der Waals surface area contributed by atoms with E-state index in [0.29, 0.717) is 12.5 Å². The van der Waals surface area contributed by atoms with Crippen LogP contribution in [0.4, 0.5) is 5.69 Å². The van der Waals surface area contributed by atoms with Crippen LogP contribution in [0, 0.1) is 6.92 Å². The molecule has 3 N–H and O–H groups in total. The minimum Gasteiger partial charge on any atom is -0.378 e. The molecule has 0 fully saturated rings. The van der Waals surface area contributed by atoms with Crippen molar-refractivity contribution in [2.45, 2.75) is 26.8 Å². The van der Waals surface area contributed by atoms with Gasteiger partial charge in [0.25, 0.3) is 0 Å². The number of anilines is 1. The van der Waals surface area contributed by atoms with Crippen LogP contribution in [0.5, 0.6) is 0 Å². The van der Waals surface area contributed by atoms with E-state index in [9.17, 15) is 0 Å². The SMILES string of the molecule is CCCNC(N)=NCc1ccc(N(C)C)cc1C. The van der Waals surface area contributed by atoms with Gasteiger partial charge in [0.05, 0.1) is 6.54 Å². The van der Waals surface area contributed by atoms with E-state index in [0.717, 1.165) is 13.0 Å². The van der Waals surface area contributed by atoms with Crippen molar-refractivity contribution >= 4 is 11.6 Å². The maximum atomic E-state index is 5.77. The Balaban J connectivity index is 2.68.